The summed E-state index contributed by atoms with van der Waals surface area (Å²) in [6.45, 7) is 11.9. The molecule has 0 saturated heterocycles. The molecule has 0 aliphatic rings. The Morgan fingerprint density at radius 1 is 1.06 bits per heavy atom. The third-order valence-electron chi connectivity index (χ3n) is 1.74. The summed E-state index contributed by atoms with van der Waals surface area (Å²) in [4.78, 5) is 22.6. The van der Waals surface area contributed by atoms with E-state index in [0.29, 0.717) is 6.54 Å². The summed E-state index contributed by atoms with van der Waals surface area (Å²) in [7, 11) is 0. The lowest BCUT2D eigenvalue weighted by atomic mass is 9.92. The Labute approximate surface area is 97.7 Å². The molecule has 0 fully saturated rings. The average Bonchev–Trinajstić information content (AvgIpc) is 1.98. The third kappa shape index (κ3) is 8.26. The summed E-state index contributed by atoms with van der Waals surface area (Å²) in [5.41, 5.74) is -0.486. The van der Waals surface area contributed by atoms with Crippen molar-refractivity contribution in [3.63, 3.8) is 0 Å². The number of amides is 1. The molecule has 0 saturated carbocycles. The lowest BCUT2D eigenvalue weighted by Crippen LogP contribution is -2.38. The molecule has 16 heavy (non-hydrogen) atoms. The Kier molecular flexibility index (Phi) is 4.97. The van der Waals surface area contributed by atoms with Crippen molar-refractivity contribution in [1.82, 2.24) is 5.32 Å². The van der Waals surface area contributed by atoms with Gasteiger partial charge in [0.1, 0.15) is 5.60 Å². The van der Waals surface area contributed by atoms with Crippen LogP contribution in [0.25, 0.3) is 0 Å². The number of hydrogen-bond acceptors (Lipinski definition) is 3. The van der Waals surface area contributed by atoms with Crippen LogP contribution in [0.1, 0.15) is 48.0 Å². The second-order valence-electron chi connectivity index (χ2n) is 6.07. The van der Waals surface area contributed by atoms with E-state index in [-0.39, 0.29) is 5.41 Å². The monoisotopic (exact) mass is 229 g/mol. The predicted molar refractivity (Wildman–Crippen MR) is 62.9 cm³/mol. The molecule has 0 aromatic heterocycles. The van der Waals surface area contributed by atoms with Crippen molar-refractivity contribution in [2.45, 2.75) is 53.6 Å². The number of rotatable bonds is 2. The zero-order valence-corrected chi connectivity index (χ0v) is 11.1. The van der Waals surface area contributed by atoms with Gasteiger partial charge in [0.25, 0.3) is 0 Å². The molecule has 0 aromatic carbocycles. The maximum absolute atomic E-state index is 11.3. The SMILES string of the molecule is CC(C)(C)CCNC(=O)C(=O)OC(C)(C)C. The molecule has 0 aromatic rings. The molecule has 0 heterocycles. The summed E-state index contributed by atoms with van der Waals surface area (Å²) in [6, 6.07) is 0. The van der Waals surface area contributed by atoms with Crippen LogP contribution in [0.15, 0.2) is 0 Å². The molecule has 4 nitrogen and oxygen atoms in total. The highest BCUT2D eigenvalue weighted by Crippen LogP contribution is 2.16. The van der Waals surface area contributed by atoms with E-state index < -0.39 is 17.5 Å². The fourth-order valence-electron chi connectivity index (χ4n) is 0.948. The van der Waals surface area contributed by atoms with Gasteiger partial charge in [-0.2, -0.15) is 0 Å². The topological polar surface area (TPSA) is 55.4 Å². The standard InChI is InChI=1S/C12H23NO3/c1-11(2,3)7-8-13-9(14)10(15)16-12(4,5)6/h7-8H2,1-6H3,(H,13,14). The van der Waals surface area contributed by atoms with Crippen LogP contribution < -0.4 is 5.32 Å². The van der Waals surface area contributed by atoms with Crippen LogP contribution in [0.2, 0.25) is 0 Å². The largest absolute Gasteiger partial charge is 0.453 e. The van der Waals surface area contributed by atoms with Gasteiger partial charge in [-0.05, 0) is 32.6 Å². The van der Waals surface area contributed by atoms with Gasteiger partial charge in [-0.1, -0.05) is 20.8 Å². The first-order valence-electron chi connectivity index (χ1n) is 5.52. The summed E-state index contributed by atoms with van der Waals surface area (Å²) < 4.78 is 4.93. The second kappa shape index (κ2) is 5.32. The zero-order valence-electron chi connectivity index (χ0n) is 11.1. The van der Waals surface area contributed by atoms with Crippen LogP contribution in [0.4, 0.5) is 0 Å². The maximum Gasteiger partial charge on any atom is 0.397 e. The Morgan fingerprint density at radius 2 is 1.56 bits per heavy atom. The highest BCUT2D eigenvalue weighted by atomic mass is 16.6. The van der Waals surface area contributed by atoms with Gasteiger partial charge >= 0.3 is 11.9 Å². The molecule has 1 amide bonds. The lowest BCUT2D eigenvalue weighted by molar-refractivity contribution is -0.163. The molecular formula is C12H23NO3. The Hall–Kier alpha value is -1.06. The van der Waals surface area contributed by atoms with Crippen LogP contribution >= 0.6 is 0 Å². The molecule has 4 heteroatoms. The third-order valence-corrected chi connectivity index (χ3v) is 1.74. The van der Waals surface area contributed by atoms with Crippen LogP contribution in [0.3, 0.4) is 0 Å². The highest BCUT2D eigenvalue weighted by Gasteiger charge is 2.22. The minimum Gasteiger partial charge on any atom is -0.453 e. The van der Waals surface area contributed by atoms with Crippen LogP contribution in [-0.2, 0) is 14.3 Å². The summed E-state index contributed by atoms with van der Waals surface area (Å²) in [5, 5.41) is 2.55. The minimum absolute atomic E-state index is 0.140. The Bertz CT molecular complexity index is 258. The van der Waals surface area contributed by atoms with Crippen LogP contribution in [-0.4, -0.2) is 24.0 Å². The predicted octanol–water partition coefficient (Wildman–Crippen LogP) is 1.88. The van der Waals surface area contributed by atoms with E-state index in [1.807, 2.05) is 0 Å². The summed E-state index contributed by atoms with van der Waals surface area (Å²) in [6.07, 6.45) is 0.821. The van der Waals surface area contributed by atoms with E-state index in [1.165, 1.54) is 0 Å². The number of carbonyl (C=O) groups excluding carboxylic acids is 2. The van der Waals surface area contributed by atoms with E-state index in [4.69, 9.17) is 4.74 Å². The van der Waals surface area contributed by atoms with Crippen LogP contribution in [0, 0.1) is 5.41 Å². The molecule has 0 radical (unpaired) electrons. The van der Waals surface area contributed by atoms with Gasteiger partial charge in [0.2, 0.25) is 0 Å². The fraction of sp³-hybridized carbons (Fsp3) is 0.833. The van der Waals surface area contributed by atoms with Crippen molar-refractivity contribution in [2.24, 2.45) is 5.41 Å². The van der Waals surface area contributed by atoms with Crippen molar-refractivity contribution in [3.8, 4) is 0 Å². The minimum atomic E-state index is -0.818. The molecule has 1 N–H and O–H groups in total. The Morgan fingerprint density at radius 3 is 1.94 bits per heavy atom. The molecule has 0 atom stereocenters. The van der Waals surface area contributed by atoms with Crippen molar-refractivity contribution >= 4 is 11.9 Å². The fourth-order valence-corrected chi connectivity index (χ4v) is 0.948. The first-order valence-corrected chi connectivity index (χ1v) is 5.52. The summed E-state index contributed by atoms with van der Waals surface area (Å²) >= 11 is 0. The first-order chi connectivity index (χ1) is 7.01. The quantitative estimate of drug-likeness (QED) is 0.581. The molecular weight excluding hydrogens is 206 g/mol. The van der Waals surface area contributed by atoms with E-state index in [0.717, 1.165) is 6.42 Å². The number of hydrogen-bond donors (Lipinski definition) is 1. The second-order valence-corrected chi connectivity index (χ2v) is 6.07. The van der Waals surface area contributed by atoms with Gasteiger partial charge in [-0.25, -0.2) is 4.79 Å². The molecule has 0 aliphatic carbocycles. The van der Waals surface area contributed by atoms with E-state index >= 15 is 0 Å². The molecule has 0 spiro atoms. The number of ether oxygens (including phenoxy) is 1. The highest BCUT2D eigenvalue weighted by molar-refractivity contribution is 6.32. The molecule has 0 unspecified atom stereocenters. The smallest absolute Gasteiger partial charge is 0.397 e. The van der Waals surface area contributed by atoms with Crippen LogP contribution in [0.5, 0.6) is 0 Å². The van der Waals surface area contributed by atoms with Crippen molar-refractivity contribution in [2.75, 3.05) is 6.54 Å². The summed E-state index contributed by atoms with van der Waals surface area (Å²) in [5.74, 6) is -1.49. The Balaban J connectivity index is 3.95. The van der Waals surface area contributed by atoms with E-state index in [1.54, 1.807) is 20.8 Å². The lowest BCUT2D eigenvalue weighted by Gasteiger charge is -2.20. The molecule has 94 valence electrons. The van der Waals surface area contributed by atoms with Gasteiger partial charge in [0.05, 0.1) is 0 Å². The molecule has 0 bridgehead atoms. The van der Waals surface area contributed by atoms with E-state index in [9.17, 15) is 9.59 Å². The van der Waals surface area contributed by atoms with Crippen molar-refractivity contribution in [3.05, 3.63) is 0 Å². The number of carbonyl (C=O) groups is 2. The van der Waals surface area contributed by atoms with E-state index in [2.05, 4.69) is 26.1 Å². The molecule has 0 aliphatic heterocycles. The first kappa shape index (κ1) is 14.9. The number of esters is 1. The molecule has 0 rings (SSSR count). The van der Waals surface area contributed by atoms with Gasteiger partial charge in [0, 0.05) is 6.54 Å². The van der Waals surface area contributed by atoms with Gasteiger partial charge in [-0.3, -0.25) is 4.79 Å². The van der Waals surface area contributed by atoms with Crippen molar-refractivity contribution < 1.29 is 14.3 Å². The van der Waals surface area contributed by atoms with Gasteiger partial charge in [0.15, 0.2) is 0 Å². The van der Waals surface area contributed by atoms with Crippen molar-refractivity contribution in [1.29, 1.82) is 0 Å². The van der Waals surface area contributed by atoms with Gasteiger partial charge < -0.3 is 10.1 Å². The normalized spacial score (nSPS) is 12.1. The van der Waals surface area contributed by atoms with Gasteiger partial charge in [-0.15, -0.1) is 0 Å². The zero-order chi connectivity index (χ0) is 13.0. The average molecular weight is 229 g/mol. The maximum atomic E-state index is 11.3. The number of nitrogens with one attached hydrogen (secondary N) is 1.